The van der Waals surface area contributed by atoms with Crippen LogP contribution in [0.1, 0.15) is 19.3 Å². The monoisotopic (exact) mass is 338 g/mol. The molecule has 7 atom stereocenters. The van der Waals surface area contributed by atoms with Gasteiger partial charge in [-0.3, -0.25) is 0 Å². The average molecular weight is 339 g/mol. The van der Waals surface area contributed by atoms with E-state index in [-0.39, 0.29) is 24.2 Å². The second-order valence-electron chi connectivity index (χ2n) is 6.73. The summed E-state index contributed by atoms with van der Waals surface area (Å²) < 4.78 is 54.3. The van der Waals surface area contributed by atoms with Crippen molar-refractivity contribution in [1.29, 1.82) is 0 Å². The minimum absolute atomic E-state index is 0.214. The summed E-state index contributed by atoms with van der Waals surface area (Å²) in [6.45, 7) is 0. The standard InChI is InChI=1S/C14H15BrF4/c15-14(18,19)13(16,17)10-5-8-4-9(10)12-7-2-1-6(3-7)11(8)12/h1-2,6-12H,3-5H2. The summed E-state index contributed by atoms with van der Waals surface area (Å²) in [5, 5.41) is 0. The largest absolute Gasteiger partial charge is 0.363 e. The Morgan fingerprint density at radius 2 is 1.53 bits per heavy atom. The number of rotatable bonds is 2. The van der Waals surface area contributed by atoms with Gasteiger partial charge in [0, 0.05) is 5.92 Å². The molecule has 0 saturated heterocycles. The molecule has 5 heteroatoms. The molecular formula is C14H15BrF4. The van der Waals surface area contributed by atoms with Gasteiger partial charge in [-0.25, -0.2) is 0 Å². The Morgan fingerprint density at radius 3 is 2.16 bits per heavy atom. The van der Waals surface area contributed by atoms with E-state index in [0.29, 0.717) is 17.8 Å². The molecule has 7 unspecified atom stereocenters. The third-order valence-electron chi connectivity index (χ3n) is 6.11. The third-order valence-corrected chi connectivity index (χ3v) is 6.64. The molecule has 3 fully saturated rings. The smallest absolute Gasteiger partial charge is 0.198 e. The normalized spacial score (nSPS) is 51.1. The number of allylic oxidation sites excluding steroid dienone is 2. The van der Waals surface area contributed by atoms with E-state index in [1.807, 2.05) is 15.9 Å². The Balaban J connectivity index is 1.65. The van der Waals surface area contributed by atoms with E-state index in [0.717, 1.165) is 12.8 Å². The van der Waals surface area contributed by atoms with Crippen LogP contribution in [0.4, 0.5) is 17.6 Å². The zero-order valence-corrected chi connectivity index (χ0v) is 11.8. The lowest BCUT2D eigenvalue weighted by atomic mass is 9.68. The molecule has 3 saturated carbocycles. The van der Waals surface area contributed by atoms with Gasteiger partial charge in [-0.1, -0.05) is 12.2 Å². The molecule has 106 valence electrons. The van der Waals surface area contributed by atoms with Crippen molar-refractivity contribution in [2.75, 3.05) is 0 Å². The van der Waals surface area contributed by atoms with Crippen LogP contribution in [-0.2, 0) is 0 Å². The van der Waals surface area contributed by atoms with E-state index in [1.54, 1.807) is 0 Å². The Kier molecular flexibility index (Phi) is 2.38. The van der Waals surface area contributed by atoms with Crippen LogP contribution in [0.5, 0.6) is 0 Å². The van der Waals surface area contributed by atoms with Gasteiger partial charge in [0.1, 0.15) is 0 Å². The fraction of sp³-hybridized carbons (Fsp3) is 0.857. The highest BCUT2D eigenvalue weighted by Gasteiger charge is 2.70. The first-order valence-electron chi connectivity index (χ1n) is 6.93. The van der Waals surface area contributed by atoms with Crippen molar-refractivity contribution in [3.63, 3.8) is 0 Å². The Morgan fingerprint density at radius 1 is 0.895 bits per heavy atom. The van der Waals surface area contributed by atoms with Crippen molar-refractivity contribution in [3.8, 4) is 0 Å². The number of hydrogen-bond acceptors (Lipinski definition) is 0. The molecule has 0 N–H and O–H groups in total. The van der Waals surface area contributed by atoms with E-state index in [2.05, 4.69) is 12.2 Å². The zero-order chi connectivity index (χ0) is 13.6. The summed E-state index contributed by atoms with van der Waals surface area (Å²) in [6, 6.07) is 0. The fourth-order valence-electron chi connectivity index (χ4n) is 5.64. The van der Waals surface area contributed by atoms with Gasteiger partial charge < -0.3 is 0 Å². The van der Waals surface area contributed by atoms with Crippen molar-refractivity contribution in [2.24, 2.45) is 41.4 Å². The van der Waals surface area contributed by atoms with E-state index in [1.165, 1.54) is 0 Å². The maximum Gasteiger partial charge on any atom is 0.363 e. The molecule has 0 amide bonds. The molecule has 0 aromatic heterocycles. The molecule has 0 aromatic rings. The SMILES string of the molecule is FC(F)(Br)C(F)(F)C1CC2CC1C1C3C=CC(C3)C21. The Hall–Kier alpha value is -0.0600. The lowest BCUT2D eigenvalue weighted by molar-refractivity contribution is -0.198. The molecular weight excluding hydrogens is 324 g/mol. The van der Waals surface area contributed by atoms with Crippen LogP contribution < -0.4 is 0 Å². The predicted molar refractivity (Wildman–Crippen MR) is 66.2 cm³/mol. The summed E-state index contributed by atoms with van der Waals surface area (Å²) in [5.74, 6) is -3.43. The molecule has 0 nitrogen and oxygen atoms in total. The number of fused-ring (bicyclic) bond motifs is 9. The van der Waals surface area contributed by atoms with Crippen LogP contribution in [-0.4, -0.2) is 10.8 Å². The first-order valence-corrected chi connectivity index (χ1v) is 7.73. The highest BCUT2D eigenvalue weighted by molar-refractivity contribution is 9.10. The van der Waals surface area contributed by atoms with Crippen molar-refractivity contribution in [1.82, 2.24) is 0 Å². The molecule has 4 rings (SSSR count). The van der Waals surface area contributed by atoms with E-state index in [4.69, 9.17) is 0 Å². The maximum absolute atomic E-state index is 14.0. The second kappa shape index (κ2) is 3.58. The van der Waals surface area contributed by atoms with Gasteiger partial charge >= 0.3 is 10.8 Å². The van der Waals surface area contributed by atoms with Gasteiger partial charge in [0.15, 0.2) is 0 Å². The molecule has 4 aliphatic rings. The van der Waals surface area contributed by atoms with Gasteiger partial charge in [-0.15, -0.1) is 0 Å². The number of halogens is 5. The lowest BCUT2D eigenvalue weighted by Gasteiger charge is -2.40. The van der Waals surface area contributed by atoms with Crippen LogP contribution in [0.2, 0.25) is 0 Å². The quantitative estimate of drug-likeness (QED) is 0.296. The molecule has 19 heavy (non-hydrogen) atoms. The minimum Gasteiger partial charge on any atom is -0.198 e. The summed E-state index contributed by atoms with van der Waals surface area (Å²) in [5.41, 5.74) is 0. The Labute approximate surface area is 117 Å². The second-order valence-corrected chi connectivity index (χ2v) is 7.72. The van der Waals surface area contributed by atoms with Crippen molar-refractivity contribution >= 4 is 15.9 Å². The topological polar surface area (TPSA) is 0 Å². The predicted octanol–water partition coefficient (Wildman–Crippen LogP) is 4.70. The molecule has 0 aliphatic heterocycles. The Bertz CT molecular complexity index is 441. The summed E-state index contributed by atoms with van der Waals surface area (Å²) in [7, 11) is 0. The minimum atomic E-state index is -4.09. The summed E-state index contributed by atoms with van der Waals surface area (Å²) >= 11 is 1.90. The summed E-state index contributed by atoms with van der Waals surface area (Å²) in [4.78, 5) is -4.09. The number of hydrogen-bond donors (Lipinski definition) is 0. The van der Waals surface area contributed by atoms with E-state index >= 15 is 0 Å². The van der Waals surface area contributed by atoms with Crippen LogP contribution in [0.15, 0.2) is 12.2 Å². The molecule has 4 bridgehead atoms. The van der Waals surface area contributed by atoms with Crippen LogP contribution in [0.25, 0.3) is 0 Å². The van der Waals surface area contributed by atoms with Gasteiger partial charge in [0.2, 0.25) is 0 Å². The lowest BCUT2D eigenvalue weighted by Crippen LogP contribution is -2.47. The average Bonchev–Trinajstić information content (AvgIpc) is 3.05. The summed E-state index contributed by atoms with van der Waals surface area (Å²) in [6.07, 6.45) is 6.42. The fourth-order valence-corrected chi connectivity index (χ4v) is 5.94. The highest BCUT2D eigenvalue weighted by atomic mass is 79.9. The van der Waals surface area contributed by atoms with Gasteiger partial charge in [-0.2, -0.15) is 17.6 Å². The van der Waals surface area contributed by atoms with E-state index < -0.39 is 16.7 Å². The van der Waals surface area contributed by atoms with Crippen LogP contribution in [0.3, 0.4) is 0 Å². The molecule has 0 spiro atoms. The molecule has 4 aliphatic carbocycles. The van der Waals surface area contributed by atoms with Gasteiger partial charge in [0.25, 0.3) is 0 Å². The molecule has 0 radical (unpaired) electrons. The van der Waals surface area contributed by atoms with Crippen molar-refractivity contribution in [3.05, 3.63) is 12.2 Å². The van der Waals surface area contributed by atoms with Gasteiger partial charge in [-0.05, 0) is 70.7 Å². The van der Waals surface area contributed by atoms with Crippen LogP contribution in [0, 0.1) is 41.4 Å². The third kappa shape index (κ3) is 1.46. The first-order chi connectivity index (χ1) is 8.80. The molecule has 0 aromatic carbocycles. The maximum atomic E-state index is 14.0. The van der Waals surface area contributed by atoms with Gasteiger partial charge in [0.05, 0.1) is 0 Å². The number of alkyl halides is 5. The molecule has 0 heterocycles. The first kappa shape index (κ1) is 12.7. The van der Waals surface area contributed by atoms with Crippen molar-refractivity contribution < 1.29 is 17.6 Å². The van der Waals surface area contributed by atoms with Crippen LogP contribution >= 0.6 is 15.9 Å². The zero-order valence-electron chi connectivity index (χ0n) is 10.2. The highest BCUT2D eigenvalue weighted by Crippen LogP contribution is 2.70. The van der Waals surface area contributed by atoms with E-state index in [9.17, 15) is 17.6 Å². The van der Waals surface area contributed by atoms with Crippen molar-refractivity contribution in [2.45, 2.75) is 30.0 Å².